The number of nitrogens with zero attached hydrogens (tertiary/aromatic N) is 2. The van der Waals surface area contributed by atoms with Crippen molar-refractivity contribution in [1.29, 1.82) is 0 Å². The number of pyridine rings is 1. The molecular weight excluding hydrogens is 298 g/mol. The van der Waals surface area contributed by atoms with Crippen molar-refractivity contribution in [2.75, 3.05) is 19.6 Å². The van der Waals surface area contributed by atoms with Crippen LogP contribution in [0.5, 0.6) is 0 Å². The minimum atomic E-state index is 0.153. The molecule has 126 valence electrons. The van der Waals surface area contributed by atoms with E-state index in [9.17, 15) is 4.79 Å². The lowest BCUT2D eigenvalue weighted by atomic mass is 9.95. The maximum absolute atomic E-state index is 12.3. The molecule has 3 rings (SSSR count). The van der Waals surface area contributed by atoms with Gasteiger partial charge in [0.15, 0.2) is 0 Å². The van der Waals surface area contributed by atoms with Crippen LogP contribution >= 0.6 is 0 Å². The highest BCUT2D eigenvalue weighted by molar-refractivity contribution is 5.78. The molecule has 1 amide bonds. The monoisotopic (exact) mass is 323 g/mol. The van der Waals surface area contributed by atoms with Crippen molar-refractivity contribution in [3.05, 3.63) is 66.0 Å². The van der Waals surface area contributed by atoms with E-state index in [1.165, 1.54) is 5.56 Å². The minimum Gasteiger partial charge on any atom is -0.356 e. The zero-order valence-electron chi connectivity index (χ0n) is 14.0. The predicted molar refractivity (Wildman–Crippen MR) is 95.4 cm³/mol. The van der Waals surface area contributed by atoms with Crippen LogP contribution in [0.1, 0.15) is 24.1 Å². The van der Waals surface area contributed by atoms with Crippen molar-refractivity contribution in [1.82, 2.24) is 15.2 Å². The first kappa shape index (κ1) is 16.7. The fourth-order valence-electron chi connectivity index (χ4n) is 3.19. The Balaban J connectivity index is 1.37. The number of hydrogen-bond acceptors (Lipinski definition) is 3. The molecule has 0 aliphatic carbocycles. The number of aromatic nitrogens is 1. The van der Waals surface area contributed by atoms with Gasteiger partial charge >= 0.3 is 0 Å². The number of likely N-dealkylation sites (tertiary alicyclic amines) is 1. The fourth-order valence-corrected chi connectivity index (χ4v) is 3.19. The lowest BCUT2D eigenvalue weighted by molar-refractivity contribution is -0.126. The first-order valence-electron chi connectivity index (χ1n) is 8.75. The molecule has 4 heteroatoms. The van der Waals surface area contributed by atoms with Crippen molar-refractivity contribution in [3.63, 3.8) is 0 Å². The smallest absolute Gasteiger partial charge is 0.223 e. The van der Waals surface area contributed by atoms with E-state index in [1.54, 1.807) is 0 Å². The summed E-state index contributed by atoms with van der Waals surface area (Å²) in [7, 11) is 0. The molecule has 1 N–H and O–H groups in total. The average Bonchev–Trinajstić information content (AvgIpc) is 2.64. The molecule has 0 bridgehead atoms. The average molecular weight is 323 g/mol. The normalized spacial score (nSPS) is 16.0. The summed E-state index contributed by atoms with van der Waals surface area (Å²) in [5.74, 6) is 0.365. The van der Waals surface area contributed by atoms with Crippen LogP contribution in [-0.2, 0) is 17.8 Å². The summed E-state index contributed by atoms with van der Waals surface area (Å²) in [5, 5.41) is 3.10. The van der Waals surface area contributed by atoms with Gasteiger partial charge in [-0.15, -0.1) is 0 Å². The SMILES string of the molecule is O=C(NCCc1ccccc1)C1CCN(Cc2ccccn2)CC1. The Labute approximate surface area is 143 Å². The molecule has 2 aromatic rings. The molecule has 4 nitrogen and oxygen atoms in total. The summed E-state index contributed by atoms with van der Waals surface area (Å²) in [5.41, 5.74) is 2.37. The van der Waals surface area contributed by atoms with Gasteiger partial charge in [0.1, 0.15) is 0 Å². The highest BCUT2D eigenvalue weighted by Gasteiger charge is 2.24. The van der Waals surface area contributed by atoms with Gasteiger partial charge in [0.25, 0.3) is 0 Å². The molecule has 0 radical (unpaired) electrons. The molecule has 0 saturated carbocycles. The van der Waals surface area contributed by atoms with Crippen LogP contribution in [0.4, 0.5) is 0 Å². The van der Waals surface area contributed by atoms with Gasteiger partial charge < -0.3 is 5.32 Å². The van der Waals surface area contributed by atoms with Crippen molar-refractivity contribution in [3.8, 4) is 0 Å². The van der Waals surface area contributed by atoms with E-state index in [0.717, 1.165) is 51.1 Å². The number of rotatable bonds is 6. The lowest BCUT2D eigenvalue weighted by Gasteiger charge is -2.31. The molecule has 2 heterocycles. The Morgan fingerprint density at radius 1 is 1.08 bits per heavy atom. The zero-order chi connectivity index (χ0) is 16.6. The quantitative estimate of drug-likeness (QED) is 0.889. The number of amides is 1. The highest BCUT2D eigenvalue weighted by Crippen LogP contribution is 2.18. The standard InChI is InChI=1S/C20H25N3O/c24-20(22-13-9-17-6-2-1-3-7-17)18-10-14-23(15-11-18)16-19-8-4-5-12-21-19/h1-8,12,18H,9-11,13-16H2,(H,22,24). The van der Waals surface area contributed by atoms with Gasteiger partial charge in [0.2, 0.25) is 5.91 Å². The summed E-state index contributed by atoms with van der Waals surface area (Å²) >= 11 is 0. The van der Waals surface area contributed by atoms with Gasteiger partial charge in [-0.3, -0.25) is 14.7 Å². The number of carbonyl (C=O) groups is 1. The third-order valence-corrected chi connectivity index (χ3v) is 4.63. The minimum absolute atomic E-state index is 0.153. The van der Waals surface area contributed by atoms with E-state index >= 15 is 0 Å². The number of piperidine rings is 1. The molecule has 1 saturated heterocycles. The molecule has 24 heavy (non-hydrogen) atoms. The Morgan fingerprint density at radius 3 is 2.54 bits per heavy atom. The van der Waals surface area contributed by atoms with E-state index in [0.29, 0.717) is 0 Å². The second-order valence-electron chi connectivity index (χ2n) is 6.40. The van der Waals surface area contributed by atoms with E-state index in [1.807, 2.05) is 36.5 Å². The number of hydrogen-bond donors (Lipinski definition) is 1. The van der Waals surface area contributed by atoms with Crippen molar-refractivity contribution < 1.29 is 4.79 Å². The van der Waals surface area contributed by atoms with Gasteiger partial charge in [-0.25, -0.2) is 0 Å². The first-order chi connectivity index (χ1) is 11.8. The van der Waals surface area contributed by atoms with E-state index in [-0.39, 0.29) is 11.8 Å². The Kier molecular flexibility index (Phi) is 5.96. The fraction of sp³-hybridized carbons (Fsp3) is 0.400. The lowest BCUT2D eigenvalue weighted by Crippen LogP contribution is -2.40. The van der Waals surface area contributed by atoms with Crippen LogP contribution in [-0.4, -0.2) is 35.4 Å². The van der Waals surface area contributed by atoms with E-state index in [4.69, 9.17) is 0 Å². The van der Waals surface area contributed by atoms with Gasteiger partial charge in [0, 0.05) is 25.2 Å². The summed E-state index contributed by atoms with van der Waals surface area (Å²) < 4.78 is 0. The summed E-state index contributed by atoms with van der Waals surface area (Å²) in [6, 6.07) is 16.3. The topological polar surface area (TPSA) is 45.2 Å². The third-order valence-electron chi connectivity index (χ3n) is 4.63. The van der Waals surface area contributed by atoms with Gasteiger partial charge in [-0.05, 0) is 50.0 Å². The van der Waals surface area contributed by atoms with Crippen molar-refractivity contribution >= 4 is 5.91 Å². The zero-order valence-corrected chi connectivity index (χ0v) is 14.0. The Hall–Kier alpha value is -2.20. The summed E-state index contributed by atoms with van der Waals surface area (Å²) in [6.07, 6.45) is 4.60. The molecular formula is C20H25N3O. The van der Waals surface area contributed by atoms with Gasteiger partial charge in [-0.1, -0.05) is 36.4 Å². The summed E-state index contributed by atoms with van der Waals surface area (Å²) in [4.78, 5) is 19.1. The van der Waals surface area contributed by atoms with Gasteiger partial charge in [0.05, 0.1) is 5.69 Å². The second-order valence-corrected chi connectivity index (χ2v) is 6.40. The Bertz CT molecular complexity index is 622. The van der Waals surface area contributed by atoms with Crippen molar-refractivity contribution in [2.24, 2.45) is 5.92 Å². The maximum atomic E-state index is 12.3. The van der Waals surface area contributed by atoms with Crippen LogP contribution in [0.3, 0.4) is 0 Å². The largest absolute Gasteiger partial charge is 0.356 e. The molecule has 0 atom stereocenters. The van der Waals surface area contributed by atoms with Crippen LogP contribution in [0.15, 0.2) is 54.7 Å². The van der Waals surface area contributed by atoms with Crippen LogP contribution in [0.2, 0.25) is 0 Å². The number of benzene rings is 1. The molecule has 0 unspecified atom stereocenters. The highest BCUT2D eigenvalue weighted by atomic mass is 16.1. The number of carbonyl (C=O) groups excluding carboxylic acids is 1. The third kappa shape index (κ3) is 4.90. The van der Waals surface area contributed by atoms with Crippen molar-refractivity contribution in [2.45, 2.75) is 25.8 Å². The van der Waals surface area contributed by atoms with Crippen LogP contribution in [0.25, 0.3) is 0 Å². The predicted octanol–water partition coefficient (Wildman–Crippen LogP) is 2.65. The first-order valence-corrected chi connectivity index (χ1v) is 8.75. The molecule has 1 aromatic carbocycles. The molecule has 1 aliphatic heterocycles. The molecule has 1 aromatic heterocycles. The van der Waals surface area contributed by atoms with Gasteiger partial charge in [-0.2, -0.15) is 0 Å². The summed E-state index contributed by atoms with van der Waals surface area (Å²) in [6.45, 7) is 3.53. The number of nitrogens with one attached hydrogen (secondary N) is 1. The van der Waals surface area contributed by atoms with Crippen LogP contribution < -0.4 is 5.32 Å². The van der Waals surface area contributed by atoms with E-state index < -0.39 is 0 Å². The second kappa shape index (κ2) is 8.60. The molecule has 1 aliphatic rings. The molecule has 0 spiro atoms. The Morgan fingerprint density at radius 2 is 1.83 bits per heavy atom. The molecule has 1 fully saturated rings. The maximum Gasteiger partial charge on any atom is 0.223 e. The van der Waals surface area contributed by atoms with E-state index in [2.05, 4.69) is 33.4 Å². The van der Waals surface area contributed by atoms with Crippen LogP contribution in [0, 0.1) is 5.92 Å².